The van der Waals surface area contributed by atoms with Gasteiger partial charge in [-0.05, 0) is 17.5 Å². The minimum atomic E-state index is -1.67. The molecule has 2 rings (SSSR count). The molecular formula is C24H31N5O9. The molecule has 0 saturated heterocycles. The van der Waals surface area contributed by atoms with E-state index >= 15 is 0 Å². The summed E-state index contributed by atoms with van der Waals surface area (Å²) in [5.74, 6) is -7.62. The largest absolute Gasteiger partial charge is 0.481 e. The van der Waals surface area contributed by atoms with Crippen LogP contribution < -0.4 is 21.7 Å². The van der Waals surface area contributed by atoms with Gasteiger partial charge in [0, 0.05) is 23.5 Å². The molecule has 14 heteroatoms. The molecule has 0 aliphatic heterocycles. The third-order valence-electron chi connectivity index (χ3n) is 5.70. The van der Waals surface area contributed by atoms with E-state index in [1.807, 2.05) is 12.1 Å². The minimum Gasteiger partial charge on any atom is -0.481 e. The van der Waals surface area contributed by atoms with Crippen LogP contribution in [0, 0.1) is 5.92 Å². The molecule has 2 aromatic rings. The fourth-order valence-electron chi connectivity index (χ4n) is 3.71. The average molecular weight is 534 g/mol. The van der Waals surface area contributed by atoms with Gasteiger partial charge in [-0.25, -0.2) is 4.79 Å². The highest BCUT2D eigenvalue weighted by Crippen LogP contribution is 2.19. The maximum Gasteiger partial charge on any atom is 0.326 e. The SMILES string of the molecule is CC(C)C(NC(=O)C(CC(=O)O)NC(=O)C(N)CC(=O)O)C(=O)NC(Cc1c[nH]c2ccccc12)C(=O)O. The molecule has 0 spiro atoms. The van der Waals surface area contributed by atoms with Crippen molar-refractivity contribution >= 4 is 46.5 Å². The van der Waals surface area contributed by atoms with Crippen molar-refractivity contribution in [3.63, 3.8) is 0 Å². The van der Waals surface area contributed by atoms with E-state index in [1.54, 1.807) is 32.2 Å². The van der Waals surface area contributed by atoms with Gasteiger partial charge in [-0.1, -0.05) is 32.0 Å². The number of H-pyrrole nitrogens is 1. The van der Waals surface area contributed by atoms with E-state index < -0.39 is 78.6 Å². The van der Waals surface area contributed by atoms with Crippen LogP contribution in [0.15, 0.2) is 30.5 Å². The molecule has 0 fully saturated rings. The third kappa shape index (κ3) is 8.30. The lowest BCUT2D eigenvalue weighted by atomic mass is 10.0. The number of fused-ring (bicyclic) bond motifs is 1. The van der Waals surface area contributed by atoms with Gasteiger partial charge >= 0.3 is 17.9 Å². The second-order valence-corrected chi connectivity index (χ2v) is 9.06. The molecule has 4 unspecified atom stereocenters. The Bertz CT molecular complexity index is 1210. The smallest absolute Gasteiger partial charge is 0.326 e. The van der Waals surface area contributed by atoms with Crippen molar-refractivity contribution in [1.82, 2.24) is 20.9 Å². The summed E-state index contributed by atoms with van der Waals surface area (Å²) in [6.45, 7) is 3.15. The van der Waals surface area contributed by atoms with Crippen LogP contribution >= 0.6 is 0 Å². The number of aromatic nitrogens is 1. The van der Waals surface area contributed by atoms with Gasteiger partial charge in [0.25, 0.3) is 0 Å². The fraction of sp³-hybridized carbons (Fsp3) is 0.417. The molecule has 0 aliphatic carbocycles. The first-order valence-electron chi connectivity index (χ1n) is 11.7. The van der Waals surface area contributed by atoms with Gasteiger partial charge < -0.3 is 42.0 Å². The molecular weight excluding hydrogens is 502 g/mol. The molecule has 0 aliphatic rings. The Morgan fingerprint density at radius 1 is 0.842 bits per heavy atom. The van der Waals surface area contributed by atoms with Gasteiger partial charge in [-0.3, -0.25) is 24.0 Å². The van der Waals surface area contributed by atoms with Crippen molar-refractivity contribution in [2.24, 2.45) is 11.7 Å². The van der Waals surface area contributed by atoms with Gasteiger partial charge in [0.2, 0.25) is 17.7 Å². The van der Waals surface area contributed by atoms with Crippen LogP contribution in [-0.4, -0.2) is 80.1 Å². The number of hydrogen-bond acceptors (Lipinski definition) is 7. The van der Waals surface area contributed by atoms with Crippen LogP contribution in [0.25, 0.3) is 10.9 Å². The van der Waals surface area contributed by atoms with Gasteiger partial charge in [0.1, 0.15) is 18.1 Å². The first-order valence-corrected chi connectivity index (χ1v) is 11.7. The Hall–Kier alpha value is -4.46. The van der Waals surface area contributed by atoms with Crippen molar-refractivity contribution < 1.29 is 44.1 Å². The number of carboxylic acid groups (broad SMARTS) is 3. The monoisotopic (exact) mass is 533 g/mol. The molecule has 9 N–H and O–H groups in total. The number of amides is 3. The predicted octanol–water partition coefficient (Wildman–Crippen LogP) is -0.818. The summed E-state index contributed by atoms with van der Waals surface area (Å²) in [5.41, 5.74) is 6.92. The van der Waals surface area contributed by atoms with Gasteiger partial charge in [0.15, 0.2) is 0 Å². The van der Waals surface area contributed by atoms with E-state index in [1.165, 1.54) is 0 Å². The number of nitrogens with one attached hydrogen (secondary N) is 4. The third-order valence-corrected chi connectivity index (χ3v) is 5.70. The van der Waals surface area contributed by atoms with E-state index in [0.29, 0.717) is 5.56 Å². The highest BCUT2D eigenvalue weighted by atomic mass is 16.4. The minimum absolute atomic E-state index is 0.0526. The molecule has 206 valence electrons. The summed E-state index contributed by atoms with van der Waals surface area (Å²) in [7, 11) is 0. The standard InChI is InChI=1S/C24H31N5O9/c1-11(2)20(29-22(35)16(9-19(32)33)27-21(34)14(25)8-18(30)31)23(36)28-17(24(37)38)7-12-10-26-15-6-4-3-5-13(12)15/h3-6,10-11,14,16-17,20,26H,7-9,25H2,1-2H3,(H,27,34)(H,28,36)(H,29,35)(H,30,31)(H,32,33)(H,37,38). The zero-order valence-electron chi connectivity index (χ0n) is 20.8. The normalized spacial score (nSPS) is 14.2. The van der Waals surface area contributed by atoms with Crippen LogP contribution in [0.2, 0.25) is 0 Å². The average Bonchev–Trinajstić information content (AvgIpc) is 3.23. The number of aliphatic carboxylic acids is 3. The summed E-state index contributed by atoms with van der Waals surface area (Å²) in [4.78, 5) is 75.1. The summed E-state index contributed by atoms with van der Waals surface area (Å²) in [5, 5.41) is 35.3. The van der Waals surface area contributed by atoms with Crippen LogP contribution in [0.4, 0.5) is 0 Å². The number of benzene rings is 1. The van der Waals surface area contributed by atoms with Gasteiger partial charge in [0.05, 0.1) is 18.9 Å². The lowest BCUT2D eigenvalue weighted by molar-refractivity contribution is -0.143. The molecule has 38 heavy (non-hydrogen) atoms. The summed E-state index contributed by atoms with van der Waals surface area (Å²) in [6.07, 6.45) is -0.0366. The van der Waals surface area contributed by atoms with Crippen molar-refractivity contribution in [3.05, 3.63) is 36.0 Å². The molecule has 1 aromatic carbocycles. The summed E-state index contributed by atoms with van der Waals surface area (Å²) >= 11 is 0. The number of carbonyl (C=O) groups excluding carboxylic acids is 3. The lowest BCUT2D eigenvalue weighted by Gasteiger charge is -2.26. The number of nitrogens with two attached hydrogens (primary N) is 1. The van der Waals surface area contributed by atoms with Crippen LogP contribution in [0.5, 0.6) is 0 Å². The molecule has 14 nitrogen and oxygen atoms in total. The summed E-state index contributed by atoms with van der Waals surface area (Å²) in [6, 6.07) is 1.39. The number of aromatic amines is 1. The van der Waals surface area contributed by atoms with Crippen LogP contribution in [0.3, 0.4) is 0 Å². The fourth-order valence-corrected chi connectivity index (χ4v) is 3.71. The van der Waals surface area contributed by atoms with Crippen molar-refractivity contribution in [2.75, 3.05) is 0 Å². The number of carbonyl (C=O) groups is 6. The van der Waals surface area contributed by atoms with E-state index in [0.717, 1.165) is 10.9 Å². The lowest BCUT2D eigenvalue weighted by Crippen LogP contribution is -2.59. The van der Waals surface area contributed by atoms with Crippen molar-refractivity contribution in [1.29, 1.82) is 0 Å². The maximum absolute atomic E-state index is 13.0. The van der Waals surface area contributed by atoms with Crippen molar-refractivity contribution in [3.8, 4) is 0 Å². The molecule has 0 bridgehead atoms. The molecule has 3 amide bonds. The molecule has 4 atom stereocenters. The Morgan fingerprint density at radius 2 is 1.45 bits per heavy atom. The molecule has 0 saturated carbocycles. The van der Waals surface area contributed by atoms with E-state index in [9.17, 15) is 33.9 Å². The highest BCUT2D eigenvalue weighted by Gasteiger charge is 2.33. The van der Waals surface area contributed by atoms with E-state index in [4.69, 9.17) is 15.9 Å². The summed E-state index contributed by atoms with van der Waals surface area (Å²) < 4.78 is 0. The Morgan fingerprint density at radius 3 is 2.03 bits per heavy atom. The second kappa shape index (κ2) is 13.2. The molecule has 0 radical (unpaired) electrons. The number of rotatable bonds is 14. The number of carboxylic acids is 3. The Labute approximate surface area is 217 Å². The first-order chi connectivity index (χ1) is 17.8. The maximum atomic E-state index is 13.0. The Balaban J connectivity index is 2.16. The topological polar surface area (TPSA) is 241 Å². The second-order valence-electron chi connectivity index (χ2n) is 9.06. The highest BCUT2D eigenvalue weighted by molar-refractivity contribution is 5.96. The van der Waals surface area contributed by atoms with Gasteiger partial charge in [-0.2, -0.15) is 0 Å². The quantitative estimate of drug-likeness (QED) is 0.150. The van der Waals surface area contributed by atoms with Gasteiger partial charge in [-0.15, -0.1) is 0 Å². The van der Waals surface area contributed by atoms with E-state index in [2.05, 4.69) is 20.9 Å². The zero-order chi connectivity index (χ0) is 28.6. The number of para-hydroxylation sites is 1. The zero-order valence-corrected chi connectivity index (χ0v) is 20.8. The molecule has 1 aromatic heterocycles. The van der Waals surface area contributed by atoms with Crippen LogP contribution in [0.1, 0.15) is 32.3 Å². The Kier molecular flexibility index (Phi) is 10.3. The van der Waals surface area contributed by atoms with Crippen molar-refractivity contribution in [2.45, 2.75) is 57.3 Å². The molecule has 1 heterocycles. The first kappa shape index (κ1) is 29.8. The number of hydrogen-bond donors (Lipinski definition) is 8. The van der Waals surface area contributed by atoms with E-state index in [-0.39, 0.29) is 6.42 Å². The predicted molar refractivity (Wildman–Crippen MR) is 133 cm³/mol. The van der Waals surface area contributed by atoms with Crippen LogP contribution in [-0.2, 0) is 35.2 Å².